The van der Waals surface area contributed by atoms with Gasteiger partial charge in [-0.2, -0.15) is 0 Å². The topological polar surface area (TPSA) is 63.7 Å². The second-order valence-corrected chi connectivity index (χ2v) is 5.22. The summed E-state index contributed by atoms with van der Waals surface area (Å²) in [5, 5.41) is 0. The van der Waals surface area contributed by atoms with Gasteiger partial charge in [0.2, 0.25) is 5.91 Å². The van der Waals surface area contributed by atoms with E-state index < -0.39 is 0 Å². The van der Waals surface area contributed by atoms with Gasteiger partial charge in [-0.3, -0.25) is 4.79 Å². The number of esters is 1. The summed E-state index contributed by atoms with van der Waals surface area (Å²) in [6, 6.07) is 6.85. The molecular weight excluding hydrogens is 270 g/mol. The molecule has 0 bridgehead atoms. The number of likely N-dealkylation sites (tertiary alicyclic amines) is 1. The molecule has 0 N–H and O–H groups in total. The predicted molar refractivity (Wildman–Crippen MR) is 76.9 cm³/mol. The zero-order valence-corrected chi connectivity index (χ0v) is 12.1. The lowest BCUT2D eigenvalue weighted by Crippen LogP contribution is -2.39. The van der Waals surface area contributed by atoms with Crippen molar-refractivity contribution >= 4 is 18.2 Å². The fourth-order valence-electron chi connectivity index (χ4n) is 2.45. The van der Waals surface area contributed by atoms with Gasteiger partial charge >= 0.3 is 5.97 Å². The van der Waals surface area contributed by atoms with Gasteiger partial charge in [-0.1, -0.05) is 12.1 Å². The Morgan fingerprint density at radius 2 is 1.86 bits per heavy atom. The Morgan fingerprint density at radius 3 is 2.38 bits per heavy atom. The van der Waals surface area contributed by atoms with Gasteiger partial charge in [-0.05, 0) is 30.5 Å². The van der Waals surface area contributed by atoms with E-state index >= 15 is 0 Å². The van der Waals surface area contributed by atoms with E-state index in [0.29, 0.717) is 25.1 Å². The van der Waals surface area contributed by atoms with Crippen molar-refractivity contribution in [1.29, 1.82) is 0 Å². The molecular formula is C16H19NO4. The van der Waals surface area contributed by atoms with Gasteiger partial charge < -0.3 is 14.4 Å². The summed E-state index contributed by atoms with van der Waals surface area (Å²) >= 11 is 0. The Labute approximate surface area is 123 Å². The summed E-state index contributed by atoms with van der Waals surface area (Å²) in [6.45, 7) is 1.28. The number of aldehydes is 1. The normalized spacial score (nSPS) is 15.6. The Balaban J connectivity index is 1.91. The fraction of sp³-hybridized carbons (Fsp3) is 0.438. The molecule has 1 saturated heterocycles. The Morgan fingerprint density at radius 1 is 1.24 bits per heavy atom. The maximum absolute atomic E-state index is 12.2. The molecule has 0 radical (unpaired) electrons. The van der Waals surface area contributed by atoms with Crippen molar-refractivity contribution in [2.45, 2.75) is 19.3 Å². The smallest absolute Gasteiger partial charge is 0.337 e. The number of amides is 1. The van der Waals surface area contributed by atoms with Crippen LogP contribution in [0.3, 0.4) is 0 Å². The van der Waals surface area contributed by atoms with Crippen molar-refractivity contribution in [1.82, 2.24) is 4.90 Å². The van der Waals surface area contributed by atoms with Crippen molar-refractivity contribution < 1.29 is 19.1 Å². The number of ether oxygens (including phenoxy) is 1. The van der Waals surface area contributed by atoms with Crippen LogP contribution in [0.5, 0.6) is 0 Å². The first-order valence-electron chi connectivity index (χ1n) is 7.04. The minimum Gasteiger partial charge on any atom is -0.465 e. The van der Waals surface area contributed by atoms with Crippen LogP contribution in [0.2, 0.25) is 0 Å². The van der Waals surface area contributed by atoms with Crippen LogP contribution in [0.4, 0.5) is 0 Å². The molecule has 1 aromatic carbocycles. The molecule has 1 fully saturated rings. The molecule has 5 heteroatoms. The molecule has 1 heterocycles. The average molecular weight is 289 g/mol. The van der Waals surface area contributed by atoms with E-state index in [9.17, 15) is 14.4 Å². The highest BCUT2D eigenvalue weighted by atomic mass is 16.5. The molecule has 0 aliphatic carbocycles. The number of nitrogens with zero attached hydrogens (tertiary/aromatic N) is 1. The molecule has 5 nitrogen and oxygen atoms in total. The molecule has 1 amide bonds. The first-order valence-corrected chi connectivity index (χ1v) is 7.04. The molecule has 112 valence electrons. The molecule has 1 aromatic rings. The molecule has 0 unspecified atom stereocenters. The monoisotopic (exact) mass is 289 g/mol. The highest BCUT2D eigenvalue weighted by Crippen LogP contribution is 2.16. The number of benzene rings is 1. The van der Waals surface area contributed by atoms with Crippen LogP contribution < -0.4 is 0 Å². The zero-order valence-electron chi connectivity index (χ0n) is 12.1. The minimum absolute atomic E-state index is 0.0603. The molecule has 1 aliphatic rings. The van der Waals surface area contributed by atoms with E-state index in [1.165, 1.54) is 7.11 Å². The van der Waals surface area contributed by atoms with Crippen molar-refractivity contribution in [3.63, 3.8) is 0 Å². The van der Waals surface area contributed by atoms with Crippen LogP contribution in [0.1, 0.15) is 28.8 Å². The number of carbonyl (C=O) groups is 3. The number of rotatable bonds is 4. The molecule has 0 aromatic heterocycles. The Bertz CT molecular complexity index is 516. The number of hydrogen-bond donors (Lipinski definition) is 0. The molecule has 1 aliphatic heterocycles. The van der Waals surface area contributed by atoms with Crippen molar-refractivity contribution in [2.24, 2.45) is 5.92 Å². The predicted octanol–water partition coefficient (Wildman–Crippen LogP) is 1.45. The minimum atomic E-state index is -0.385. The van der Waals surface area contributed by atoms with Crippen LogP contribution in [-0.4, -0.2) is 43.3 Å². The largest absolute Gasteiger partial charge is 0.465 e. The van der Waals surface area contributed by atoms with Crippen LogP contribution >= 0.6 is 0 Å². The van der Waals surface area contributed by atoms with Gasteiger partial charge in [-0.25, -0.2) is 4.79 Å². The average Bonchev–Trinajstić information content (AvgIpc) is 2.55. The standard InChI is InChI=1S/C16H19NO4/c1-21-16(20)14-4-2-12(3-5-14)10-15(19)17-8-6-13(11-18)7-9-17/h2-5,11,13H,6-10H2,1H3. The van der Waals surface area contributed by atoms with Crippen LogP contribution in [-0.2, 0) is 20.7 Å². The Hall–Kier alpha value is -2.17. The van der Waals surface area contributed by atoms with E-state index in [2.05, 4.69) is 4.74 Å². The van der Waals surface area contributed by atoms with Crippen molar-refractivity contribution in [3.8, 4) is 0 Å². The lowest BCUT2D eigenvalue weighted by Gasteiger charge is -2.29. The number of hydrogen-bond acceptors (Lipinski definition) is 4. The summed E-state index contributed by atoms with van der Waals surface area (Å²) in [6.07, 6.45) is 2.79. The second kappa shape index (κ2) is 7.02. The third-order valence-electron chi connectivity index (χ3n) is 3.82. The number of piperidine rings is 1. The van der Waals surface area contributed by atoms with Crippen molar-refractivity contribution in [3.05, 3.63) is 35.4 Å². The molecule has 0 atom stereocenters. The van der Waals surface area contributed by atoms with Gasteiger partial charge in [0, 0.05) is 19.0 Å². The number of methoxy groups -OCH3 is 1. The summed E-state index contributed by atoms with van der Waals surface area (Å²) in [5.41, 5.74) is 1.34. The fourth-order valence-corrected chi connectivity index (χ4v) is 2.45. The van der Waals surface area contributed by atoms with Gasteiger partial charge in [-0.15, -0.1) is 0 Å². The highest BCUT2D eigenvalue weighted by Gasteiger charge is 2.22. The summed E-state index contributed by atoms with van der Waals surface area (Å²) in [4.78, 5) is 36.0. The quantitative estimate of drug-likeness (QED) is 0.622. The highest BCUT2D eigenvalue weighted by molar-refractivity contribution is 5.89. The lowest BCUT2D eigenvalue weighted by molar-refractivity contribution is -0.132. The maximum Gasteiger partial charge on any atom is 0.337 e. The van der Waals surface area contributed by atoms with Gasteiger partial charge in [0.15, 0.2) is 0 Å². The van der Waals surface area contributed by atoms with E-state index in [-0.39, 0.29) is 17.8 Å². The first kappa shape index (κ1) is 15.2. The first-order chi connectivity index (χ1) is 10.1. The van der Waals surface area contributed by atoms with Crippen LogP contribution in [0, 0.1) is 5.92 Å². The third-order valence-corrected chi connectivity index (χ3v) is 3.82. The SMILES string of the molecule is COC(=O)c1ccc(CC(=O)N2CCC(C=O)CC2)cc1. The maximum atomic E-state index is 12.2. The molecule has 0 spiro atoms. The van der Waals surface area contributed by atoms with E-state index in [1.807, 2.05) is 0 Å². The van der Waals surface area contributed by atoms with E-state index in [4.69, 9.17) is 0 Å². The molecule has 21 heavy (non-hydrogen) atoms. The van der Waals surface area contributed by atoms with Crippen molar-refractivity contribution in [2.75, 3.05) is 20.2 Å². The van der Waals surface area contributed by atoms with Crippen LogP contribution in [0.15, 0.2) is 24.3 Å². The van der Waals surface area contributed by atoms with E-state index in [0.717, 1.165) is 24.7 Å². The Kier molecular flexibility index (Phi) is 5.09. The van der Waals surface area contributed by atoms with Gasteiger partial charge in [0.1, 0.15) is 6.29 Å². The lowest BCUT2D eigenvalue weighted by atomic mass is 9.98. The number of carbonyl (C=O) groups excluding carboxylic acids is 3. The van der Waals surface area contributed by atoms with Gasteiger partial charge in [0.25, 0.3) is 0 Å². The third kappa shape index (κ3) is 3.90. The van der Waals surface area contributed by atoms with Crippen LogP contribution in [0.25, 0.3) is 0 Å². The second-order valence-electron chi connectivity index (χ2n) is 5.22. The van der Waals surface area contributed by atoms with Gasteiger partial charge in [0.05, 0.1) is 19.1 Å². The zero-order chi connectivity index (χ0) is 15.2. The molecule has 2 rings (SSSR count). The van der Waals surface area contributed by atoms with E-state index in [1.54, 1.807) is 29.2 Å². The summed E-state index contributed by atoms with van der Waals surface area (Å²) in [5.74, 6) is -0.234. The summed E-state index contributed by atoms with van der Waals surface area (Å²) in [7, 11) is 1.34. The summed E-state index contributed by atoms with van der Waals surface area (Å²) < 4.78 is 4.63. The molecule has 0 saturated carbocycles.